The van der Waals surface area contributed by atoms with Gasteiger partial charge in [0.1, 0.15) is 17.8 Å². The van der Waals surface area contributed by atoms with E-state index < -0.39 is 50.7 Å². The average Bonchev–Trinajstić information content (AvgIpc) is 3.98. The first-order valence-corrected chi connectivity index (χ1v) is 26.1. The number of urea groups is 1. The number of phenolic OH excluding ortho intramolecular Hbond substituents is 1. The number of rotatable bonds is 8. The lowest BCUT2D eigenvalue weighted by Gasteiger charge is -2.41. The lowest BCUT2D eigenvalue weighted by Crippen LogP contribution is -2.67. The topological polar surface area (TPSA) is 208 Å². The summed E-state index contributed by atoms with van der Waals surface area (Å²) in [5, 5.41) is 28.5. The van der Waals surface area contributed by atoms with Gasteiger partial charge in [0, 0.05) is 110 Å². The van der Waals surface area contributed by atoms with Crippen LogP contribution in [-0.2, 0) is 53.0 Å². The molecule has 4 N–H and O–H groups in total. The highest BCUT2D eigenvalue weighted by Crippen LogP contribution is 2.42. The van der Waals surface area contributed by atoms with Gasteiger partial charge in [0.2, 0.25) is 11.6 Å². The molecule has 4 atom stereocenters. The van der Waals surface area contributed by atoms with E-state index in [1.807, 2.05) is 45.0 Å². The van der Waals surface area contributed by atoms with Gasteiger partial charge in [-0.05, 0) is 104 Å². The number of likely N-dealkylation sites (N-methyl/N-ethyl adjacent to an activating group) is 1. The van der Waals surface area contributed by atoms with Crippen molar-refractivity contribution in [3.63, 3.8) is 0 Å². The van der Waals surface area contributed by atoms with Crippen LogP contribution in [0.5, 0.6) is 5.75 Å². The normalized spacial score (nSPS) is 22.9. The van der Waals surface area contributed by atoms with E-state index in [2.05, 4.69) is 38.7 Å². The van der Waals surface area contributed by atoms with E-state index in [9.17, 15) is 33.6 Å². The van der Waals surface area contributed by atoms with E-state index in [1.165, 1.54) is 17.0 Å². The summed E-state index contributed by atoms with van der Waals surface area (Å²) in [6.45, 7) is 9.21. The number of esters is 1. The molecule has 3 fully saturated rings. The number of amides is 4. The number of carbonyl (C=O) groups is 4. The molecule has 2 aromatic heterocycles. The quantitative estimate of drug-likeness (QED) is 0.155. The Hall–Kier alpha value is -5.56. The number of aromatic nitrogens is 2. The standard InChI is InChI=1S/C51H68N8O9S/c1-8-58-42-17-16-35-29-39(42)40(45(58)38-15-11-19-53-43(38)32(2)67-7)30-50(3,4)31-68-48(63)51(65)18-12-20-59(55-51)47(62)41(27-33-25-36(35)28-37(60)26-33)54-46(61)44(34-13-9-10-14-34)56(6)49(64)57-21-23-69(66,52-5)24-22-57/h11,15-17,19,25-26,28-29,32,34,41,44,55,60,65H,8-10,12-14,18,20-24,27,30-31H2,1-7H3,(H,54,61)/t32-,41-,44-,51-/m0/s1. The summed E-state index contributed by atoms with van der Waals surface area (Å²) in [5.41, 5.74) is 6.50. The zero-order valence-corrected chi connectivity index (χ0v) is 41.8. The van der Waals surface area contributed by atoms with Gasteiger partial charge in [-0.1, -0.05) is 38.8 Å². The minimum Gasteiger partial charge on any atom is -0.508 e. The number of hydrogen-bond acceptors (Lipinski definition) is 12. The van der Waals surface area contributed by atoms with Crippen LogP contribution in [0.15, 0.2) is 59.1 Å². The van der Waals surface area contributed by atoms with Crippen LogP contribution in [0.2, 0.25) is 0 Å². The second-order valence-corrected chi connectivity index (χ2v) is 22.7. The highest BCUT2D eigenvalue weighted by molar-refractivity contribution is 7.93. The Balaban J connectivity index is 1.22. The van der Waals surface area contributed by atoms with Gasteiger partial charge in [-0.3, -0.25) is 19.6 Å². The Morgan fingerprint density at radius 1 is 1.07 bits per heavy atom. The molecular weight excluding hydrogens is 901 g/mol. The van der Waals surface area contributed by atoms with Crippen LogP contribution in [0, 0.1) is 11.3 Å². The van der Waals surface area contributed by atoms with Gasteiger partial charge >= 0.3 is 12.0 Å². The summed E-state index contributed by atoms with van der Waals surface area (Å²) in [4.78, 5) is 65.8. The summed E-state index contributed by atoms with van der Waals surface area (Å²) in [7, 11) is 2.39. The van der Waals surface area contributed by atoms with Crippen molar-refractivity contribution in [2.24, 2.45) is 15.7 Å². The van der Waals surface area contributed by atoms with E-state index in [-0.39, 0.29) is 80.8 Å². The number of nitrogens with one attached hydrogen (secondary N) is 2. The molecule has 8 rings (SSSR count). The van der Waals surface area contributed by atoms with Gasteiger partial charge in [0.05, 0.1) is 24.1 Å². The number of aryl methyl sites for hydroxylation is 1. The lowest BCUT2D eigenvalue weighted by molar-refractivity contribution is -0.189. The maximum atomic E-state index is 14.9. The third-order valence-corrected chi connectivity index (χ3v) is 16.9. The number of methoxy groups -OCH3 is 1. The third-order valence-electron chi connectivity index (χ3n) is 14.6. The number of phenols is 1. The summed E-state index contributed by atoms with van der Waals surface area (Å²) in [6.07, 6.45) is 5.21. The van der Waals surface area contributed by atoms with E-state index in [0.29, 0.717) is 36.9 Å². The molecule has 0 unspecified atom stereocenters. The van der Waals surface area contributed by atoms with Crippen LogP contribution in [0.25, 0.3) is 33.3 Å². The second kappa shape index (κ2) is 20.0. The maximum absolute atomic E-state index is 14.9. The first-order valence-electron chi connectivity index (χ1n) is 24.3. The van der Waals surface area contributed by atoms with Gasteiger partial charge in [-0.2, -0.15) is 5.43 Å². The van der Waals surface area contributed by atoms with Crippen LogP contribution in [0.3, 0.4) is 0 Å². The number of hydrazine groups is 1. The van der Waals surface area contributed by atoms with Crippen molar-refractivity contribution in [1.29, 1.82) is 0 Å². The van der Waals surface area contributed by atoms with Crippen molar-refractivity contribution in [2.45, 2.75) is 110 Å². The monoisotopic (exact) mass is 968 g/mol. The van der Waals surface area contributed by atoms with Crippen LogP contribution in [-0.4, -0.2) is 139 Å². The predicted octanol–water partition coefficient (Wildman–Crippen LogP) is 5.80. The average molecular weight is 969 g/mol. The first-order chi connectivity index (χ1) is 32.9. The molecule has 4 aliphatic rings. The number of nitrogens with zero attached hydrogens (tertiary/aromatic N) is 6. The number of fused-ring (bicyclic) bond motifs is 6. The number of carbonyl (C=O) groups excluding carboxylic acids is 4. The highest BCUT2D eigenvalue weighted by Gasteiger charge is 2.46. The van der Waals surface area contributed by atoms with Crippen molar-refractivity contribution in [2.75, 3.05) is 59.0 Å². The van der Waals surface area contributed by atoms with E-state index in [1.54, 1.807) is 37.4 Å². The second-order valence-electron chi connectivity index (χ2n) is 20.0. The first kappa shape index (κ1) is 49.8. The SMILES string of the molecule is CCn1c(-c2cccnc2[C@H](C)OC)c2c3cc(ccc31)-c1cc(O)cc(c1)C[C@H](NC(=O)[C@H](C1CCCC1)N(C)C(=O)N1CCS(=O)(=NC)CC1)C(=O)N1CCC[C@@](O)(N1)C(=O)OCC(C)(C)C2. The Morgan fingerprint density at radius 3 is 2.51 bits per heavy atom. The van der Waals surface area contributed by atoms with Crippen molar-refractivity contribution in [1.82, 2.24) is 35.1 Å². The number of aromatic hydroxyl groups is 1. The van der Waals surface area contributed by atoms with Crippen LogP contribution in [0.4, 0.5) is 4.79 Å². The van der Waals surface area contributed by atoms with Crippen molar-refractivity contribution in [3.05, 3.63) is 71.5 Å². The number of cyclic esters (lactones) is 1. The van der Waals surface area contributed by atoms with E-state index in [0.717, 1.165) is 51.8 Å². The molecule has 2 aromatic carbocycles. The molecule has 6 bridgehead atoms. The van der Waals surface area contributed by atoms with Crippen LogP contribution < -0.4 is 10.7 Å². The van der Waals surface area contributed by atoms with Crippen molar-refractivity contribution < 1.29 is 43.1 Å². The Morgan fingerprint density at radius 2 is 1.81 bits per heavy atom. The molecule has 1 saturated carbocycles. The van der Waals surface area contributed by atoms with E-state index >= 15 is 0 Å². The minimum atomic E-state index is -2.40. The lowest BCUT2D eigenvalue weighted by atomic mass is 9.84. The molecule has 69 heavy (non-hydrogen) atoms. The fourth-order valence-corrected chi connectivity index (χ4v) is 12.4. The molecule has 2 saturated heterocycles. The number of pyridine rings is 1. The third kappa shape index (κ3) is 10.2. The van der Waals surface area contributed by atoms with Gasteiger partial charge in [0.15, 0.2) is 0 Å². The molecule has 18 heteroatoms. The molecule has 1 aliphatic carbocycles. The van der Waals surface area contributed by atoms with Gasteiger partial charge in [-0.15, -0.1) is 0 Å². The van der Waals surface area contributed by atoms with Crippen LogP contribution in [0.1, 0.15) is 89.1 Å². The predicted molar refractivity (Wildman–Crippen MR) is 263 cm³/mol. The summed E-state index contributed by atoms with van der Waals surface area (Å²) in [5.74, 6) is -1.82. The van der Waals surface area contributed by atoms with E-state index in [4.69, 9.17) is 14.5 Å². The zero-order chi connectivity index (χ0) is 49.4. The molecule has 4 aromatic rings. The minimum absolute atomic E-state index is 0.0319. The number of aliphatic hydroxyl groups is 1. The summed E-state index contributed by atoms with van der Waals surface area (Å²) < 4.78 is 31.1. The van der Waals surface area contributed by atoms with Gasteiger partial charge in [-0.25, -0.2) is 18.2 Å². The molecule has 5 heterocycles. The molecule has 0 radical (unpaired) electrons. The molecule has 17 nitrogen and oxygen atoms in total. The fourth-order valence-electron chi connectivity index (χ4n) is 10.8. The van der Waals surface area contributed by atoms with Crippen LogP contribution >= 0.6 is 0 Å². The Bertz CT molecular complexity index is 2730. The van der Waals surface area contributed by atoms with Gasteiger partial charge < -0.3 is 39.4 Å². The molecule has 372 valence electrons. The smallest absolute Gasteiger partial charge is 0.355 e. The maximum Gasteiger partial charge on any atom is 0.355 e. The summed E-state index contributed by atoms with van der Waals surface area (Å²) in [6, 6.07) is 12.7. The largest absolute Gasteiger partial charge is 0.508 e. The fraction of sp³-hybridized carbons (Fsp3) is 0.549. The molecule has 3 aliphatic heterocycles. The van der Waals surface area contributed by atoms with Crippen molar-refractivity contribution >= 4 is 44.4 Å². The number of hydrogen-bond donors (Lipinski definition) is 4. The Labute approximate surface area is 405 Å². The molecular formula is C51H68N8O9S. The highest BCUT2D eigenvalue weighted by atomic mass is 32.2. The number of benzene rings is 2. The summed E-state index contributed by atoms with van der Waals surface area (Å²) >= 11 is 0. The number of ether oxygens (including phenoxy) is 2. The zero-order valence-electron chi connectivity index (χ0n) is 41.0. The molecule has 0 spiro atoms. The molecule has 4 amide bonds. The van der Waals surface area contributed by atoms with Gasteiger partial charge in [0.25, 0.3) is 5.91 Å². The van der Waals surface area contributed by atoms with Crippen molar-refractivity contribution in [3.8, 4) is 28.1 Å². The Kier molecular flexibility index (Phi) is 14.5.